The highest BCUT2D eigenvalue weighted by Gasteiger charge is 2.38. The summed E-state index contributed by atoms with van der Waals surface area (Å²) in [6, 6.07) is 33.3. The van der Waals surface area contributed by atoms with Gasteiger partial charge in [-0.05, 0) is 54.9 Å². The molecule has 1 atom stereocenters. The predicted octanol–water partition coefficient (Wildman–Crippen LogP) is 5.54. The van der Waals surface area contributed by atoms with Crippen molar-refractivity contribution in [3.63, 3.8) is 0 Å². The number of phenolic OH excluding ortho intramolecular Hbond substituents is 1. The minimum Gasteiger partial charge on any atom is -0.508 e. The Balaban J connectivity index is 1.30. The molecule has 0 saturated carbocycles. The molecular weight excluding hydrogens is 485 g/mol. The van der Waals surface area contributed by atoms with Crippen molar-refractivity contribution in [2.45, 2.75) is 17.9 Å². The van der Waals surface area contributed by atoms with Crippen molar-refractivity contribution in [3.05, 3.63) is 126 Å². The summed E-state index contributed by atoms with van der Waals surface area (Å²) in [4.78, 5) is 0. The molecule has 3 N–H and O–H groups in total. The van der Waals surface area contributed by atoms with Gasteiger partial charge in [0.25, 0.3) is 0 Å². The molecule has 0 aliphatic rings. The van der Waals surface area contributed by atoms with E-state index in [2.05, 4.69) is 5.32 Å². The molecule has 7 heteroatoms. The van der Waals surface area contributed by atoms with Gasteiger partial charge in [0, 0.05) is 17.7 Å². The molecule has 0 spiro atoms. The van der Waals surface area contributed by atoms with Crippen LogP contribution in [0.4, 0.5) is 0 Å². The average molecular weight is 516 g/mol. The topological polar surface area (TPSA) is 88.0 Å². The summed E-state index contributed by atoms with van der Waals surface area (Å²) in [5.74, 6) is 1.39. The van der Waals surface area contributed by atoms with E-state index in [1.165, 1.54) is 0 Å². The Morgan fingerprint density at radius 3 is 1.92 bits per heavy atom. The van der Waals surface area contributed by atoms with E-state index >= 15 is 0 Å². The van der Waals surface area contributed by atoms with Crippen LogP contribution >= 0.6 is 8.46 Å². The lowest BCUT2D eigenvalue weighted by atomic mass is 10.0. The van der Waals surface area contributed by atoms with Gasteiger partial charge >= 0.3 is 0 Å². The molecule has 0 fully saturated rings. The quantitative estimate of drug-likeness (QED) is 0.160. The first-order valence-corrected chi connectivity index (χ1v) is 12.9. The minimum absolute atomic E-state index is 0.160. The van der Waals surface area contributed by atoms with Crippen molar-refractivity contribution < 1.29 is 24.3 Å². The number of aliphatic hydroxyl groups is 1. The molecule has 1 unspecified atom stereocenters. The summed E-state index contributed by atoms with van der Waals surface area (Å²) in [7, 11) is -0.163. The standard InChI is InChI=1S/C30H30NO5P/c32-26-13-17-28(18-14-26)35-22-27(33)21-31-20-19-23-11-15-29(16-12-23)36-30(37-34,24-7-3-1-4-8-24)25-9-5-2-6-10-25/h1-18,27,31-33H,19-22H2. The maximum Gasteiger partial charge on any atom is 0.238 e. The van der Waals surface area contributed by atoms with Crippen LogP contribution in [0, 0.1) is 0 Å². The summed E-state index contributed by atoms with van der Waals surface area (Å²) in [6.07, 6.45) is 0.119. The number of ether oxygens (including phenoxy) is 2. The maximum absolute atomic E-state index is 12.6. The number of benzene rings is 4. The number of nitrogens with one attached hydrogen (secondary N) is 1. The van der Waals surface area contributed by atoms with E-state index in [9.17, 15) is 14.8 Å². The van der Waals surface area contributed by atoms with Gasteiger partial charge < -0.3 is 25.0 Å². The van der Waals surface area contributed by atoms with Crippen molar-refractivity contribution in [2.24, 2.45) is 0 Å². The van der Waals surface area contributed by atoms with Crippen molar-refractivity contribution in [3.8, 4) is 17.2 Å². The second kappa shape index (κ2) is 13.0. The van der Waals surface area contributed by atoms with Crippen molar-refractivity contribution in [1.29, 1.82) is 0 Å². The Labute approximate surface area is 218 Å². The maximum atomic E-state index is 12.6. The zero-order valence-corrected chi connectivity index (χ0v) is 21.3. The van der Waals surface area contributed by atoms with Crippen LogP contribution in [-0.2, 0) is 16.3 Å². The fourth-order valence-electron chi connectivity index (χ4n) is 3.93. The Kier molecular flexibility index (Phi) is 9.28. The molecular formula is C30H30NO5P. The van der Waals surface area contributed by atoms with E-state index in [-0.39, 0.29) is 20.8 Å². The summed E-state index contributed by atoms with van der Waals surface area (Å²) in [5, 5.41) is 21.5. The first-order valence-electron chi connectivity index (χ1n) is 12.1. The van der Waals surface area contributed by atoms with Gasteiger partial charge in [-0.2, -0.15) is 0 Å². The monoisotopic (exact) mass is 515 g/mol. The van der Waals surface area contributed by atoms with Gasteiger partial charge in [-0.3, -0.25) is 4.57 Å². The fourth-order valence-corrected chi connectivity index (χ4v) is 4.58. The number of hydrogen-bond donors (Lipinski definition) is 3. The second-order valence-electron chi connectivity index (χ2n) is 8.63. The van der Waals surface area contributed by atoms with Crippen LogP contribution in [0.5, 0.6) is 17.2 Å². The van der Waals surface area contributed by atoms with Crippen LogP contribution < -0.4 is 14.8 Å². The summed E-state index contributed by atoms with van der Waals surface area (Å²) in [6.45, 7) is 1.25. The van der Waals surface area contributed by atoms with E-state index in [0.29, 0.717) is 24.6 Å². The number of aromatic hydroxyl groups is 1. The highest BCUT2D eigenvalue weighted by atomic mass is 31.1. The zero-order chi connectivity index (χ0) is 25.9. The molecule has 0 aliphatic carbocycles. The molecule has 0 saturated heterocycles. The molecule has 0 aliphatic heterocycles. The molecule has 0 radical (unpaired) electrons. The van der Waals surface area contributed by atoms with E-state index in [4.69, 9.17) is 9.47 Å². The van der Waals surface area contributed by atoms with Crippen molar-refractivity contribution in [1.82, 2.24) is 5.32 Å². The molecule has 4 aromatic rings. The summed E-state index contributed by atoms with van der Waals surface area (Å²) < 4.78 is 24.5. The first kappa shape index (κ1) is 26.4. The Morgan fingerprint density at radius 2 is 1.35 bits per heavy atom. The number of hydrogen-bond acceptors (Lipinski definition) is 6. The Morgan fingerprint density at radius 1 is 0.784 bits per heavy atom. The molecule has 0 aromatic heterocycles. The fraction of sp³-hybridized carbons (Fsp3) is 0.200. The third kappa shape index (κ3) is 7.17. The molecule has 4 aromatic carbocycles. The van der Waals surface area contributed by atoms with Crippen molar-refractivity contribution in [2.75, 3.05) is 19.7 Å². The number of phenols is 1. The number of rotatable bonds is 13. The van der Waals surface area contributed by atoms with Gasteiger partial charge in [0.05, 0.1) is 0 Å². The molecule has 190 valence electrons. The normalized spacial score (nSPS) is 12.2. The molecule has 6 nitrogen and oxygen atoms in total. The number of aliphatic hydroxyl groups excluding tert-OH is 1. The lowest BCUT2D eigenvalue weighted by Crippen LogP contribution is -2.32. The SMILES string of the molecule is O=PC(Oc1ccc(CCNCC(O)COc2ccc(O)cc2)cc1)(c1ccccc1)c1ccccc1. The second-order valence-corrected chi connectivity index (χ2v) is 9.44. The third-order valence-corrected chi connectivity index (χ3v) is 6.76. The van der Waals surface area contributed by atoms with E-state index in [1.54, 1.807) is 24.3 Å². The first-order chi connectivity index (χ1) is 18.1. The highest BCUT2D eigenvalue weighted by Crippen LogP contribution is 2.43. The zero-order valence-electron chi connectivity index (χ0n) is 20.4. The van der Waals surface area contributed by atoms with Gasteiger partial charge in [-0.25, -0.2) is 0 Å². The van der Waals surface area contributed by atoms with E-state index in [0.717, 1.165) is 23.1 Å². The smallest absolute Gasteiger partial charge is 0.238 e. The molecule has 4 rings (SSSR count). The summed E-state index contributed by atoms with van der Waals surface area (Å²) in [5.41, 5.74) is 2.72. The molecule has 0 bridgehead atoms. The molecule has 0 heterocycles. The predicted molar refractivity (Wildman–Crippen MR) is 145 cm³/mol. The van der Waals surface area contributed by atoms with Crippen LogP contribution in [0.3, 0.4) is 0 Å². The average Bonchev–Trinajstić information content (AvgIpc) is 2.95. The largest absolute Gasteiger partial charge is 0.508 e. The van der Waals surface area contributed by atoms with Crippen LogP contribution in [0.2, 0.25) is 0 Å². The Hall–Kier alpha value is -3.70. The lowest BCUT2D eigenvalue weighted by Gasteiger charge is -2.29. The van der Waals surface area contributed by atoms with Gasteiger partial charge in [0.15, 0.2) is 0 Å². The van der Waals surface area contributed by atoms with E-state index < -0.39 is 11.4 Å². The van der Waals surface area contributed by atoms with Gasteiger partial charge in [-0.15, -0.1) is 0 Å². The minimum atomic E-state index is -1.15. The Bertz CT molecular complexity index is 1200. The van der Waals surface area contributed by atoms with Crippen LogP contribution in [-0.4, -0.2) is 36.0 Å². The van der Waals surface area contributed by atoms with Crippen LogP contribution in [0.1, 0.15) is 16.7 Å². The van der Waals surface area contributed by atoms with E-state index in [1.807, 2.05) is 84.9 Å². The highest BCUT2D eigenvalue weighted by molar-refractivity contribution is 7.25. The summed E-state index contributed by atoms with van der Waals surface area (Å²) >= 11 is 0. The van der Waals surface area contributed by atoms with Gasteiger partial charge in [-0.1, -0.05) is 72.8 Å². The van der Waals surface area contributed by atoms with Crippen LogP contribution in [0.15, 0.2) is 109 Å². The van der Waals surface area contributed by atoms with Crippen LogP contribution in [0.25, 0.3) is 0 Å². The van der Waals surface area contributed by atoms with Gasteiger partial charge in [0.2, 0.25) is 13.8 Å². The molecule has 0 amide bonds. The third-order valence-electron chi connectivity index (χ3n) is 5.90. The lowest BCUT2D eigenvalue weighted by molar-refractivity contribution is 0.106. The van der Waals surface area contributed by atoms with Crippen molar-refractivity contribution >= 4 is 8.46 Å². The molecule has 37 heavy (non-hydrogen) atoms. The van der Waals surface area contributed by atoms with Gasteiger partial charge in [0.1, 0.15) is 30.0 Å².